The van der Waals surface area contributed by atoms with Crippen LogP contribution >= 0.6 is 51.7 Å². The summed E-state index contributed by atoms with van der Waals surface area (Å²) >= 11 is 5.34. The van der Waals surface area contributed by atoms with Gasteiger partial charge in [0.25, 0.3) is 0 Å². The SMILES string of the molecule is CN=C(NCC(C)(C)Sc1ccc(Br)cc1)NC1CCc2ncnn2C1.I. The lowest BCUT2D eigenvalue weighted by atomic mass is 10.1. The molecule has 148 valence electrons. The van der Waals surface area contributed by atoms with Gasteiger partial charge in [0.05, 0.1) is 6.54 Å². The van der Waals surface area contributed by atoms with Gasteiger partial charge in [-0.1, -0.05) is 15.9 Å². The van der Waals surface area contributed by atoms with Crippen molar-refractivity contribution in [3.63, 3.8) is 0 Å². The molecule has 0 radical (unpaired) electrons. The first-order chi connectivity index (χ1) is 12.4. The third kappa shape index (κ3) is 6.63. The van der Waals surface area contributed by atoms with E-state index < -0.39 is 0 Å². The molecule has 0 fully saturated rings. The monoisotopic (exact) mass is 564 g/mol. The molecule has 1 aromatic heterocycles. The lowest BCUT2D eigenvalue weighted by Crippen LogP contribution is -2.49. The fourth-order valence-corrected chi connectivity index (χ4v) is 4.22. The van der Waals surface area contributed by atoms with Gasteiger partial charge in [0, 0.05) is 40.2 Å². The van der Waals surface area contributed by atoms with E-state index in [2.05, 4.69) is 79.8 Å². The molecule has 6 nitrogen and oxygen atoms in total. The Kier molecular flexibility index (Phi) is 8.41. The number of rotatable bonds is 5. The highest BCUT2D eigenvalue weighted by Crippen LogP contribution is 2.32. The number of hydrogen-bond acceptors (Lipinski definition) is 4. The number of aromatic nitrogens is 3. The molecule has 1 aliphatic rings. The molecule has 9 heteroatoms. The zero-order valence-corrected chi connectivity index (χ0v) is 20.5. The van der Waals surface area contributed by atoms with Crippen molar-refractivity contribution in [1.82, 2.24) is 25.4 Å². The van der Waals surface area contributed by atoms with Gasteiger partial charge >= 0.3 is 0 Å². The maximum absolute atomic E-state index is 4.38. The Morgan fingerprint density at radius 3 is 2.81 bits per heavy atom. The number of thioether (sulfide) groups is 1. The average Bonchev–Trinajstić information content (AvgIpc) is 3.08. The van der Waals surface area contributed by atoms with E-state index in [9.17, 15) is 0 Å². The van der Waals surface area contributed by atoms with Crippen LogP contribution in [0.5, 0.6) is 0 Å². The summed E-state index contributed by atoms with van der Waals surface area (Å²) < 4.78 is 3.11. The summed E-state index contributed by atoms with van der Waals surface area (Å²) in [4.78, 5) is 9.92. The summed E-state index contributed by atoms with van der Waals surface area (Å²) in [6.45, 7) is 6.12. The third-order valence-electron chi connectivity index (χ3n) is 4.26. The van der Waals surface area contributed by atoms with E-state index >= 15 is 0 Å². The second kappa shape index (κ2) is 10.1. The lowest BCUT2D eigenvalue weighted by Gasteiger charge is -2.28. The predicted octanol–water partition coefficient (Wildman–Crippen LogP) is 3.71. The minimum atomic E-state index is 0. The molecular formula is C18H26BrIN6S. The molecule has 0 bridgehead atoms. The summed E-state index contributed by atoms with van der Waals surface area (Å²) in [5.74, 6) is 1.90. The third-order valence-corrected chi connectivity index (χ3v) is 5.99. The van der Waals surface area contributed by atoms with E-state index in [0.29, 0.717) is 6.04 Å². The summed E-state index contributed by atoms with van der Waals surface area (Å²) in [6.07, 6.45) is 3.61. The van der Waals surface area contributed by atoms with Gasteiger partial charge in [-0.05, 0) is 44.5 Å². The quantitative estimate of drug-likeness (QED) is 0.251. The summed E-state index contributed by atoms with van der Waals surface area (Å²) in [6, 6.07) is 8.75. The van der Waals surface area contributed by atoms with Crippen molar-refractivity contribution in [2.45, 2.75) is 48.9 Å². The fraction of sp³-hybridized carbons (Fsp3) is 0.500. The van der Waals surface area contributed by atoms with Crippen LogP contribution in [0.15, 0.2) is 45.0 Å². The van der Waals surface area contributed by atoms with Gasteiger partial charge in [-0.15, -0.1) is 35.7 Å². The van der Waals surface area contributed by atoms with Crippen molar-refractivity contribution in [3.05, 3.63) is 40.9 Å². The molecule has 2 aromatic rings. The van der Waals surface area contributed by atoms with Crippen molar-refractivity contribution in [2.24, 2.45) is 4.99 Å². The van der Waals surface area contributed by atoms with Gasteiger partial charge in [0.2, 0.25) is 0 Å². The molecule has 1 unspecified atom stereocenters. The smallest absolute Gasteiger partial charge is 0.191 e. The second-order valence-corrected chi connectivity index (χ2v) is 9.68. The van der Waals surface area contributed by atoms with Crippen LogP contribution in [-0.2, 0) is 13.0 Å². The van der Waals surface area contributed by atoms with Gasteiger partial charge in [-0.3, -0.25) is 4.99 Å². The minimum absolute atomic E-state index is 0. The number of halogens is 2. The highest BCUT2D eigenvalue weighted by Gasteiger charge is 2.23. The van der Waals surface area contributed by atoms with Gasteiger partial charge in [0.1, 0.15) is 12.2 Å². The second-order valence-electron chi connectivity index (χ2n) is 6.98. The van der Waals surface area contributed by atoms with Crippen LogP contribution in [0.2, 0.25) is 0 Å². The molecule has 27 heavy (non-hydrogen) atoms. The van der Waals surface area contributed by atoms with Crippen LogP contribution < -0.4 is 10.6 Å². The summed E-state index contributed by atoms with van der Waals surface area (Å²) in [5.41, 5.74) is 0. The Labute approximate surface area is 190 Å². The van der Waals surface area contributed by atoms with Gasteiger partial charge in [0.15, 0.2) is 5.96 Å². The predicted molar refractivity (Wildman–Crippen MR) is 126 cm³/mol. The van der Waals surface area contributed by atoms with E-state index in [0.717, 1.165) is 42.2 Å². The Bertz CT molecular complexity index is 761. The topological polar surface area (TPSA) is 67.1 Å². The van der Waals surface area contributed by atoms with Crippen LogP contribution in [0.3, 0.4) is 0 Å². The van der Waals surface area contributed by atoms with Crippen molar-refractivity contribution in [2.75, 3.05) is 13.6 Å². The average molecular weight is 565 g/mol. The number of fused-ring (bicyclic) bond motifs is 1. The number of hydrogen-bond donors (Lipinski definition) is 2. The van der Waals surface area contributed by atoms with Crippen molar-refractivity contribution < 1.29 is 0 Å². The maximum Gasteiger partial charge on any atom is 0.191 e. The number of guanidine groups is 1. The zero-order chi connectivity index (χ0) is 18.6. The number of nitrogens with zero attached hydrogens (tertiary/aromatic N) is 4. The van der Waals surface area contributed by atoms with Gasteiger partial charge in [-0.2, -0.15) is 5.10 Å². The largest absolute Gasteiger partial charge is 0.355 e. The first kappa shape index (κ1) is 22.5. The highest BCUT2D eigenvalue weighted by atomic mass is 127. The molecule has 0 saturated heterocycles. The van der Waals surface area contributed by atoms with Crippen molar-refractivity contribution >= 4 is 57.6 Å². The van der Waals surface area contributed by atoms with Gasteiger partial charge in [-0.25, -0.2) is 9.67 Å². The van der Waals surface area contributed by atoms with Crippen molar-refractivity contribution in [1.29, 1.82) is 0 Å². The molecule has 1 atom stereocenters. The van der Waals surface area contributed by atoms with Crippen LogP contribution in [-0.4, -0.2) is 45.1 Å². The Morgan fingerprint density at radius 1 is 1.37 bits per heavy atom. The van der Waals surface area contributed by atoms with E-state index in [1.165, 1.54) is 4.90 Å². The first-order valence-electron chi connectivity index (χ1n) is 8.74. The van der Waals surface area contributed by atoms with Crippen LogP contribution in [0.25, 0.3) is 0 Å². The molecule has 0 amide bonds. The molecule has 0 spiro atoms. The number of benzene rings is 1. The number of aryl methyl sites for hydroxylation is 1. The maximum atomic E-state index is 4.38. The lowest BCUT2D eigenvalue weighted by molar-refractivity contribution is 0.392. The summed E-state index contributed by atoms with van der Waals surface area (Å²) in [5, 5.41) is 11.3. The van der Waals surface area contributed by atoms with E-state index in [1.54, 1.807) is 6.33 Å². The zero-order valence-electron chi connectivity index (χ0n) is 15.8. The highest BCUT2D eigenvalue weighted by molar-refractivity contribution is 14.0. The van der Waals surface area contributed by atoms with Crippen molar-refractivity contribution in [3.8, 4) is 0 Å². The first-order valence-corrected chi connectivity index (χ1v) is 10.3. The molecule has 0 saturated carbocycles. The Morgan fingerprint density at radius 2 is 2.11 bits per heavy atom. The minimum Gasteiger partial charge on any atom is -0.355 e. The summed E-state index contributed by atoms with van der Waals surface area (Å²) in [7, 11) is 1.81. The van der Waals surface area contributed by atoms with Crippen LogP contribution in [0.1, 0.15) is 26.1 Å². The number of aliphatic imine (C=N–C) groups is 1. The molecule has 2 N–H and O–H groups in total. The van der Waals surface area contributed by atoms with E-state index in [-0.39, 0.29) is 28.7 Å². The molecule has 3 rings (SSSR count). The van der Waals surface area contributed by atoms with E-state index in [4.69, 9.17) is 0 Å². The number of nitrogens with one attached hydrogen (secondary N) is 2. The Hall–Kier alpha value is -0.810. The van der Waals surface area contributed by atoms with E-state index in [1.807, 2.05) is 23.5 Å². The van der Waals surface area contributed by atoms with Crippen LogP contribution in [0.4, 0.5) is 0 Å². The molecular weight excluding hydrogens is 539 g/mol. The van der Waals surface area contributed by atoms with Gasteiger partial charge < -0.3 is 10.6 Å². The normalized spacial score (nSPS) is 17.0. The molecule has 1 aromatic carbocycles. The Balaban J connectivity index is 0.00000261. The van der Waals surface area contributed by atoms with Crippen LogP contribution in [0, 0.1) is 0 Å². The fourth-order valence-electron chi connectivity index (χ4n) is 2.90. The molecule has 2 heterocycles. The molecule has 1 aliphatic heterocycles. The molecule has 0 aliphatic carbocycles. The standard InChI is InChI=1S/C18H25BrN6S.HI/c1-18(2,26-15-7-4-13(19)5-8-15)11-21-17(20-3)24-14-6-9-16-22-12-23-25(16)10-14;/h4-5,7-8,12,14H,6,9-11H2,1-3H3,(H2,20,21,24);1H.